The van der Waals surface area contributed by atoms with E-state index in [9.17, 15) is 4.79 Å². The number of aryl methyl sites for hydroxylation is 1. The first-order valence-electron chi connectivity index (χ1n) is 7.92. The van der Waals surface area contributed by atoms with Gasteiger partial charge in [-0.2, -0.15) is 0 Å². The molecule has 1 N–H and O–H groups in total. The monoisotopic (exact) mass is 291 g/mol. The lowest BCUT2D eigenvalue weighted by Gasteiger charge is -2.19. The third-order valence-corrected chi connectivity index (χ3v) is 3.03. The Morgan fingerprint density at radius 1 is 1.19 bits per heavy atom. The molecule has 0 aliphatic carbocycles. The molecule has 118 valence electrons. The van der Waals surface area contributed by atoms with E-state index >= 15 is 0 Å². The summed E-state index contributed by atoms with van der Waals surface area (Å²) in [6.07, 6.45) is 3.47. The molecule has 0 atom stereocenters. The molecule has 0 saturated carbocycles. The van der Waals surface area contributed by atoms with E-state index in [0.29, 0.717) is 13.0 Å². The Bertz CT molecular complexity index is 461. The molecule has 3 heteroatoms. The number of hydrogen-bond acceptors (Lipinski definition) is 2. The molecule has 0 aliphatic heterocycles. The summed E-state index contributed by atoms with van der Waals surface area (Å²) in [6, 6.07) is 5.98. The predicted molar refractivity (Wildman–Crippen MR) is 88.9 cm³/mol. The lowest BCUT2D eigenvalue weighted by molar-refractivity contribution is -0.117. The summed E-state index contributed by atoms with van der Waals surface area (Å²) < 4.78 is 5.89. The first-order valence-corrected chi connectivity index (χ1v) is 7.92. The smallest absolute Gasteiger partial charge is 0.224 e. The molecule has 0 heterocycles. The molecule has 1 amide bonds. The van der Waals surface area contributed by atoms with Crippen LogP contribution in [0.4, 0.5) is 5.69 Å². The Kier molecular flexibility index (Phi) is 6.73. The SMILES string of the molecule is CCCOc1c(CCC)cccc1NC(=O)CC(C)(C)C. The van der Waals surface area contributed by atoms with Gasteiger partial charge in [-0.3, -0.25) is 4.79 Å². The van der Waals surface area contributed by atoms with E-state index in [0.717, 1.165) is 30.7 Å². The van der Waals surface area contributed by atoms with Gasteiger partial charge in [0.2, 0.25) is 5.91 Å². The summed E-state index contributed by atoms with van der Waals surface area (Å²) in [4.78, 5) is 12.2. The largest absolute Gasteiger partial charge is 0.491 e. The molecule has 0 spiro atoms. The van der Waals surface area contributed by atoms with Gasteiger partial charge in [0.25, 0.3) is 0 Å². The summed E-state index contributed by atoms with van der Waals surface area (Å²) in [6.45, 7) is 11.1. The van der Waals surface area contributed by atoms with Crippen LogP contribution >= 0.6 is 0 Å². The number of nitrogens with one attached hydrogen (secondary N) is 1. The number of para-hydroxylation sites is 1. The van der Waals surface area contributed by atoms with Crippen LogP contribution in [0.2, 0.25) is 0 Å². The molecule has 0 fully saturated rings. The van der Waals surface area contributed by atoms with Crippen molar-refractivity contribution in [2.45, 2.75) is 60.3 Å². The lowest BCUT2D eigenvalue weighted by Crippen LogP contribution is -2.20. The summed E-state index contributed by atoms with van der Waals surface area (Å²) in [7, 11) is 0. The van der Waals surface area contributed by atoms with Crippen LogP contribution in [0.3, 0.4) is 0 Å². The zero-order valence-corrected chi connectivity index (χ0v) is 14.1. The molecular weight excluding hydrogens is 262 g/mol. The fraction of sp³-hybridized carbons (Fsp3) is 0.611. The minimum absolute atomic E-state index is 0.0183. The standard InChI is InChI=1S/C18H29NO2/c1-6-9-14-10-8-11-15(17(14)21-12-7-2)19-16(20)13-18(3,4)5/h8,10-11H,6-7,9,12-13H2,1-5H3,(H,19,20). The number of carbonyl (C=O) groups is 1. The Morgan fingerprint density at radius 2 is 1.90 bits per heavy atom. The van der Waals surface area contributed by atoms with Crippen LogP contribution in [0.1, 0.15) is 59.4 Å². The second-order valence-electron chi connectivity index (χ2n) is 6.68. The molecule has 0 bridgehead atoms. The van der Waals surface area contributed by atoms with Crippen LogP contribution in [0, 0.1) is 5.41 Å². The Balaban J connectivity index is 2.93. The molecule has 0 aliphatic rings. The highest BCUT2D eigenvalue weighted by molar-refractivity contribution is 5.92. The number of carbonyl (C=O) groups excluding carboxylic acids is 1. The topological polar surface area (TPSA) is 38.3 Å². The molecule has 0 radical (unpaired) electrons. The average Bonchev–Trinajstić information content (AvgIpc) is 2.36. The highest BCUT2D eigenvalue weighted by Gasteiger charge is 2.18. The van der Waals surface area contributed by atoms with Crippen molar-refractivity contribution in [2.24, 2.45) is 5.41 Å². The zero-order valence-electron chi connectivity index (χ0n) is 14.1. The van der Waals surface area contributed by atoms with Crippen molar-refractivity contribution in [3.05, 3.63) is 23.8 Å². The quantitative estimate of drug-likeness (QED) is 0.783. The predicted octanol–water partition coefficient (Wildman–Crippen LogP) is 4.80. The summed E-state index contributed by atoms with van der Waals surface area (Å²) >= 11 is 0. The van der Waals surface area contributed by atoms with Gasteiger partial charge in [0.1, 0.15) is 5.75 Å². The zero-order chi connectivity index (χ0) is 15.9. The third-order valence-electron chi connectivity index (χ3n) is 3.03. The minimum Gasteiger partial charge on any atom is -0.491 e. The lowest BCUT2D eigenvalue weighted by atomic mass is 9.92. The Morgan fingerprint density at radius 3 is 2.48 bits per heavy atom. The van der Waals surface area contributed by atoms with E-state index in [1.54, 1.807) is 0 Å². The van der Waals surface area contributed by atoms with Gasteiger partial charge < -0.3 is 10.1 Å². The Hall–Kier alpha value is -1.51. The maximum atomic E-state index is 12.2. The number of ether oxygens (including phenoxy) is 1. The molecule has 0 saturated heterocycles. The van der Waals surface area contributed by atoms with Crippen LogP contribution in [-0.2, 0) is 11.2 Å². The molecule has 1 aromatic rings. The molecule has 0 unspecified atom stereocenters. The molecule has 3 nitrogen and oxygen atoms in total. The molecule has 1 rings (SSSR count). The molecule has 0 aromatic heterocycles. The second kappa shape index (κ2) is 8.06. The van der Waals surface area contributed by atoms with E-state index in [4.69, 9.17) is 4.74 Å². The van der Waals surface area contributed by atoms with Gasteiger partial charge >= 0.3 is 0 Å². The first kappa shape index (κ1) is 17.5. The van der Waals surface area contributed by atoms with Gasteiger partial charge in [-0.25, -0.2) is 0 Å². The summed E-state index contributed by atoms with van der Waals surface area (Å²) in [5.41, 5.74) is 1.94. The van der Waals surface area contributed by atoms with Crippen molar-refractivity contribution < 1.29 is 9.53 Å². The van der Waals surface area contributed by atoms with E-state index in [2.05, 4.69) is 46.0 Å². The van der Waals surface area contributed by atoms with Crippen molar-refractivity contribution in [2.75, 3.05) is 11.9 Å². The number of anilines is 1. The van der Waals surface area contributed by atoms with Crippen LogP contribution in [-0.4, -0.2) is 12.5 Å². The first-order chi connectivity index (χ1) is 9.87. The van der Waals surface area contributed by atoms with E-state index in [-0.39, 0.29) is 11.3 Å². The molecule has 1 aromatic carbocycles. The van der Waals surface area contributed by atoms with Crippen molar-refractivity contribution in [1.29, 1.82) is 0 Å². The van der Waals surface area contributed by atoms with Gasteiger partial charge in [0, 0.05) is 6.42 Å². The number of hydrogen-bond donors (Lipinski definition) is 1. The Labute approximate surface area is 129 Å². The van der Waals surface area contributed by atoms with E-state index in [1.807, 2.05) is 12.1 Å². The maximum Gasteiger partial charge on any atom is 0.224 e. The number of benzene rings is 1. The average molecular weight is 291 g/mol. The summed E-state index contributed by atoms with van der Waals surface area (Å²) in [5, 5.41) is 3.01. The highest BCUT2D eigenvalue weighted by atomic mass is 16.5. The normalized spacial score (nSPS) is 11.3. The van der Waals surface area contributed by atoms with Crippen LogP contribution < -0.4 is 10.1 Å². The molecular formula is C18H29NO2. The van der Waals surface area contributed by atoms with E-state index < -0.39 is 0 Å². The maximum absolute atomic E-state index is 12.2. The minimum atomic E-state index is -0.0183. The van der Waals surface area contributed by atoms with Crippen molar-refractivity contribution in [3.63, 3.8) is 0 Å². The van der Waals surface area contributed by atoms with Crippen molar-refractivity contribution >= 4 is 11.6 Å². The molecule has 21 heavy (non-hydrogen) atoms. The van der Waals surface area contributed by atoms with Gasteiger partial charge in [-0.15, -0.1) is 0 Å². The van der Waals surface area contributed by atoms with Gasteiger partial charge in [0.05, 0.1) is 12.3 Å². The fourth-order valence-corrected chi connectivity index (χ4v) is 2.20. The number of rotatable bonds is 7. The van der Waals surface area contributed by atoms with Crippen molar-refractivity contribution in [1.82, 2.24) is 0 Å². The highest BCUT2D eigenvalue weighted by Crippen LogP contribution is 2.31. The van der Waals surface area contributed by atoms with Gasteiger partial charge in [0.15, 0.2) is 0 Å². The fourth-order valence-electron chi connectivity index (χ4n) is 2.20. The third kappa shape index (κ3) is 6.19. The second-order valence-corrected chi connectivity index (χ2v) is 6.68. The summed E-state index contributed by atoms with van der Waals surface area (Å²) in [5.74, 6) is 0.876. The van der Waals surface area contributed by atoms with Crippen LogP contribution in [0.15, 0.2) is 18.2 Å². The van der Waals surface area contributed by atoms with Gasteiger partial charge in [-0.05, 0) is 29.9 Å². The van der Waals surface area contributed by atoms with E-state index in [1.165, 1.54) is 5.56 Å². The van der Waals surface area contributed by atoms with Crippen LogP contribution in [0.25, 0.3) is 0 Å². The van der Waals surface area contributed by atoms with Crippen molar-refractivity contribution in [3.8, 4) is 5.75 Å². The number of amides is 1. The van der Waals surface area contributed by atoms with Crippen LogP contribution in [0.5, 0.6) is 5.75 Å². The van der Waals surface area contributed by atoms with Gasteiger partial charge in [-0.1, -0.05) is 53.2 Å².